The number of hydrogen-bond donors (Lipinski definition) is 0. The highest BCUT2D eigenvalue weighted by atomic mass is 16.5. The zero-order valence-corrected chi connectivity index (χ0v) is 10.1. The smallest absolute Gasteiger partial charge is 0.242 e. The van der Waals surface area contributed by atoms with Crippen LogP contribution in [0.3, 0.4) is 0 Å². The number of nitrogens with zero attached hydrogens (tertiary/aromatic N) is 2. The molecule has 0 atom stereocenters. The molecular formula is C13H18N2O2. The number of likely N-dealkylation sites (N-methyl/N-ethyl adjacent to an activating group) is 1. The fourth-order valence-corrected chi connectivity index (χ4v) is 1.89. The highest BCUT2D eigenvalue weighted by molar-refractivity contribution is 5.81. The quantitative estimate of drug-likeness (QED) is 0.781. The van der Waals surface area contributed by atoms with Crippen LogP contribution in [-0.4, -0.2) is 50.7 Å². The van der Waals surface area contributed by atoms with Crippen LogP contribution in [0.1, 0.15) is 0 Å². The molecule has 1 fully saturated rings. The number of benzene rings is 1. The van der Waals surface area contributed by atoms with Crippen LogP contribution in [0.25, 0.3) is 0 Å². The molecule has 1 amide bonds. The van der Waals surface area contributed by atoms with E-state index in [1.165, 1.54) is 0 Å². The highest BCUT2D eigenvalue weighted by Crippen LogP contribution is 2.11. The van der Waals surface area contributed by atoms with Crippen molar-refractivity contribution in [1.29, 1.82) is 0 Å². The minimum absolute atomic E-state index is 0.166. The Balaban J connectivity index is 1.89. The lowest BCUT2D eigenvalue weighted by atomic mass is 10.3. The van der Waals surface area contributed by atoms with E-state index in [0.717, 1.165) is 5.69 Å². The minimum Gasteiger partial charge on any atom is -0.378 e. The van der Waals surface area contributed by atoms with Crippen molar-refractivity contribution in [3.63, 3.8) is 0 Å². The van der Waals surface area contributed by atoms with Gasteiger partial charge < -0.3 is 14.5 Å². The van der Waals surface area contributed by atoms with Crippen molar-refractivity contribution in [3.05, 3.63) is 30.3 Å². The molecule has 4 heteroatoms. The molecule has 0 unspecified atom stereocenters. The van der Waals surface area contributed by atoms with E-state index >= 15 is 0 Å². The average molecular weight is 234 g/mol. The summed E-state index contributed by atoms with van der Waals surface area (Å²) in [4.78, 5) is 15.8. The van der Waals surface area contributed by atoms with E-state index in [1.807, 2.05) is 47.2 Å². The number of morpholine rings is 1. The summed E-state index contributed by atoms with van der Waals surface area (Å²) < 4.78 is 5.23. The zero-order chi connectivity index (χ0) is 12.1. The Kier molecular flexibility index (Phi) is 3.98. The number of rotatable bonds is 3. The van der Waals surface area contributed by atoms with Gasteiger partial charge in [-0.2, -0.15) is 0 Å². The van der Waals surface area contributed by atoms with Gasteiger partial charge in [-0.25, -0.2) is 0 Å². The third-order valence-corrected chi connectivity index (χ3v) is 2.93. The van der Waals surface area contributed by atoms with Crippen molar-refractivity contribution in [2.24, 2.45) is 0 Å². The maximum Gasteiger partial charge on any atom is 0.242 e. The summed E-state index contributed by atoms with van der Waals surface area (Å²) in [7, 11) is 1.94. The molecule has 1 saturated heterocycles. The Morgan fingerprint density at radius 1 is 1.29 bits per heavy atom. The largest absolute Gasteiger partial charge is 0.378 e. The van der Waals surface area contributed by atoms with Crippen molar-refractivity contribution in [3.8, 4) is 0 Å². The number of anilines is 1. The van der Waals surface area contributed by atoms with Gasteiger partial charge in [0, 0.05) is 25.8 Å². The first kappa shape index (κ1) is 11.9. The number of carbonyl (C=O) groups excluding carboxylic acids is 1. The Morgan fingerprint density at radius 3 is 2.59 bits per heavy atom. The Labute approximate surface area is 102 Å². The number of amides is 1. The van der Waals surface area contributed by atoms with Crippen molar-refractivity contribution < 1.29 is 9.53 Å². The molecule has 92 valence electrons. The Bertz CT molecular complexity index is 361. The average Bonchev–Trinajstić information content (AvgIpc) is 2.40. The molecular weight excluding hydrogens is 216 g/mol. The predicted octanol–water partition coefficient (Wildman–Crippen LogP) is 0.982. The number of ether oxygens (including phenoxy) is 1. The van der Waals surface area contributed by atoms with E-state index in [9.17, 15) is 4.79 Å². The van der Waals surface area contributed by atoms with E-state index in [4.69, 9.17) is 4.74 Å². The molecule has 0 saturated carbocycles. The van der Waals surface area contributed by atoms with Crippen molar-refractivity contribution in [2.75, 3.05) is 44.8 Å². The van der Waals surface area contributed by atoms with E-state index in [2.05, 4.69) is 0 Å². The molecule has 1 aromatic rings. The van der Waals surface area contributed by atoms with Gasteiger partial charge in [0.25, 0.3) is 0 Å². The molecule has 0 bridgehead atoms. The SMILES string of the molecule is CN(CC(=O)N1CCOCC1)c1ccccc1. The molecule has 1 heterocycles. The van der Waals surface area contributed by atoms with E-state index < -0.39 is 0 Å². The van der Waals surface area contributed by atoms with E-state index in [1.54, 1.807) is 0 Å². The molecule has 4 nitrogen and oxygen atoms in total. The standard InChI is InChI=1S/C13H18N2O2/c1-14(12-5-3-2-4-6-12)11-13(16)15-7-9-17-10-8-15/h2-6H,7-11H2,1H3. The van der Waals surface area contributed by atoms with E-state index in [-0.39, 0.29) is 5.91 Å². The first-order chi connectivity index (χ1) is 8.27. The Hall–Kier alpha value is -1.55. The number of hydrogen-bond acceptors (Lipinski definition) is 3. The van der Waals surface area contributed by atoms with Crippen LogP contribution >= 0.6 is 0 Å². The number of carbonyl (C=O) groups is 1. The lowest BCUT2D eigenvalue weighted by Crippen LogP contribution is -2.45. The predicted molar refractivity (Wildman–Crippen MR) is 67.1 cm³/mol. The second-order valence-electron chi connectivity index (χ2n) is 4.18. The lowest BCUT2D eigenvalue weighted by molar-refractivity contribution is -0.133. The van der Waals surface area contributed by atoms with Crippen molar-refractivity contribution in [2.45, 2.75) is 0 Å². The molecule has 0 aliphatic carbocycles. The maximum absolute atomic E-state index is 12.0. The van der Waals surface area contributed by atoms with Crippen LogP contribution in [0.4, 0.5) is 5.69 Å². The van der Waals surface area contributed by atoms with Crippen LogP contribution in [0, 0.1) is 0 Å². The zero-order valence-electron chi connectivity index (χ0n) is 10.1. The van der Waals surface area contributed by atoms with Gasteiger partial charge in [-0.3, -0.25) is 4.79 Å². The Morgan fingerprint density at radius 2 is 1.94 bits per heavy atom. The van der Waals surface area contributed by atoms with Gasteiger partial charge in [0.2, 0.25) is 5.91 Å². The molecule has 17 heavy (non-hydrogen) atoms. The van der Waals surface area contributed by atoms with Crippen LogP contribution in [0.15, 0.2) is 30.3 Å². The summed E-state index contributed by atoms with van der Waals surface area (Å²) in [6, 6.07) is 9.94. The first-order valence-electron chi connectivity index (χ1n) is 5.89. The van der Waals surface area contributed by atoms with Gasteiger partial charge in [-0.05, 0) is 12.1 Å². The minimum atomic E-state index is 0.166. The molecule has 2 rings (SSSR count). The molecule has 0 spiro atoms. The molecule has 1 aromatic carbocycles. The summed E-state index contributed by atoms with van der Waals surface area (Å²) in [5.74, 6) is 0.166. The normalized spacial score (nSPS) is 15.7. The molecule has 1 aliphatic rings. The van der Waals surface area contributed by atoms with Crippen LogP contribution in [-0.2, 0) is 9.53 Å². The third kappa shape index (κ3) is 3.20. The first-order valence-corrected chi connectivity index (χ1v) is 5.89. The summed E-state index contributed by atoms with van der Waals surface area (Å²) in [6.45, 7) is 3.15. The second kappa shape index (κ2) is 5.68. The third-order valence-electron chi connectivity index (χ3n) is 2.93. The highest BCUT2D eigenvalue weighted by Gasteiger charge is 2.18. The second-order valence-corrected chi connectivity index (χ2v) is 4.18. The van der Waals surface area contributed by atoms with Gasteiger partial charge in [0.05, 0.1) is 19.8 Å². The van der Waals surface area contributed by atoms with Crippen LogP contribution in [0.2, 0.25) is 0 Å². The molecule has 0 radical (unpaired) electrons. The van der Waals surface area contributed by atoms with Crippen molar-refractivity contribution in [1.82, 2.24) is 4.90 Å². The topological polar surface area (TPSA) is 32.8 Å². The monoisotopic (exact) mass is 234 g/mol. The fraction of sp³-hybridized carbons (Fsp3) is 0.462. The van der Waals surface area contributed by atoms with Crippen molar-refractivity contribution >= 4 is 11.6 Å². The summed E-state index contributed by atoms with van der Waals surface area (Å²) in [5, 5.41) is 0. The maximum atomic E-state index is 12.0. The molecule has 0 N–H and O–H groups in total. The van der Waals surface area contributed by atoms with Crippen LogP contribution < -0.4 is 4.90 Å². The van der Waals surface area contributed by atoms with Gasteiger partial charge in [0.1, 0.15) is 0 Å². The van der Waals surface area contributed by atoms with Gasteiger partial charge in [-0.15, -0.1) is 0 Å². The lowest BCUT2D eigenvalue weighted by Gasteiger charge is -2.29. The number of para-hydroxylation sites is 1. The molecule has 0 aromatic heterocycles. The summed E-state index contributed by atoms with van der Waals surface area (Å²) in [6.07, 6.45) is 0. The summed E-state index contributed by atoms with van der Waals surface area (Å²) in [5.41, 5.74) is 1.06. The van der Waals surface area contributed by atoms with Gasteiger partial charge >= 0.3 is 0 Å². The van der Waals surface area contributed by atoms with Crippen LogP contribution in [0.5, 0.6) is 0 Å². The molecule has 1 aliphatic heterocycles. The fourth-order valence-electron chi connectivity index (χ4n) is 1.89. The van der Waals surface area contributed by atoms with Gasteiger partial charge in [-0.1, -0.05) is 18.2 Å². The summed E-state index contributed by atoms with van der Waals surface area (Å²) >= 11 is 0. The van der Waals surface area contributed by atoms with E-state index in [0.29, 0.717) is 32.8 Å². The van der Waals surface area contributed by atoms with Gasteiger partial charge in [0.15, 0.2) is 0 Å².